The van der Waals surface area contributed by atoms with Gasteiger partial charge >= 0.3 is 0 Å². The molecule has 1 aromatic carbocycles. The van der Waals surface area contributed by atoms with E-state index in [0.29, 0.717) is 36.6 Å². The van der Waals surface area contributed by atoms with Gasteiger partial charge in [0.2, 0.25) is 10.0 Å². The topological polar surface area (TPSA) is 75.7 Å². The fourth-order valence-electron chi connectivity index (χ4n) is 3.01. The highest BCUT2D eigenvalue weighted by Crippen LogP contribution is 2.36. The summed E-state index contributed by atoms with van der Waals surface area (Å²) in [5.74, 6) is 0.381. The molecule has 1 N–H and O–H groups in total. The van der Waals surface area contributed by atoms with Crippen LogP contribution in [-0.4, -0.2) is 51.1 Å². The van der Waals surface area contributed by atoms with Crippen molar-refractivity contribution in [3.05, 3.63) is 41.3 Å². The summed E-state index contributed by atoms with van der Waals surface area (Å²) in [5, 5.41) is 3.02. The molecule has 6 nitrogen and oxygen atoms in total. The minimum Gasteiger partial charge on any atom is -0.495 e. The van der Waals surface area contributed by atoms with Crippen molar-refractivity contribution in [2.24, 2.45) is 0 Å². The van der Waals surface area contributed by atoms with Gasteiger partial charge in [-0.1, -0.05) is 30.3 Å². The number of thiophene rings is 1. The summed E-state index contributed by atoms with van der Waals surface area (Å²) in [6, 6.07) is 11.7. The summed E-state index contributed by atoms with van der Waals surface area (Å²) in [6.45, 7) is 0.862. The molecule has 0 aliphatic carbocycles. The lowest BCUT2D eigenvalue weighted by Crippen LogP contribution is -2.46. The number of hydrogen-bond acceptors (Lipinski definition) is 5. The summed E-state index contributed by atoms with van der Waals surface area (Å²) < 4.78 is 30.0. The Kier molecular flexibility index (Phi) is 5.64. The van der Waals surface area contributed by atoms with Gasteiger partial charge in [-0.2, -0.15) is 0 Å². The molecule has 0 atom stereocenters. The number of hydrogen-bond donors (Lipinski definition) is 1. The maximum absolute atomic E-state index is 12.7. The highest BCUT2D eigenvalue weighted by atomic mass is 32.2. The quantitative estimate of drug-likeness (QED) is 0.846. The molecule has 8 heteroatoms. The van der Waals surface area contributed by atoms with Gasteiger partial charge in [0.1, 0.15) is 10.6 Å². The summed E-state index contributed by atoms with van der Waals surface area (Å²) in [4.78, 5) is 14.2. The molecule has 0 unspecified atom stereocenters. The van der Waals surface area contributed by atoms with E-state index in [1.54, 1.807) is 7.11 Å². The lowest BCUT2D eigenvalue weighted by atomic mass is 10.1. The molecular formula is C18H22N2O4S2. The minimum atomic E-state index is -3.17. The fourth-order valence-corrected chi connectivity index (χ4v) is 4.92. The van der Waals surface area contributed by atoms with E-state index in [4.69, 9.17) is 4.74 Å². The number of rotatable bonds is 5. The van der Waals surface area contributed by atoms with Crippen molar-refractivity contribution >= 4 is 27.3 Å². The average Bonchev–Trinajstić information content (AvgIpc) is 3.07. The van der Waals surface area contributed by atoms with Gasteiger partial charge in [-0.15, -0.1) is 11.3 Å². The molecule has 0 spiro atoms. The SMILES string of the molecule is COc1cc(-c2ccccc2)sc1C(=O)NC1CCN(S(C)(=O)=O)CC1. The van der Waals surface area contributed by atoms with Crippen LogP contribution in [0.1, 0.15) is 22.5 Å². The van der Waals surface area contributed by atoms with E-state index >= 15 is 0 Å². The Morgan fingerprint density at radius 2 is 1.88 bits per heavy atom. The number of carbonyl (C=O) groups is 1. The molecule has 0 radical (unpaired) electrons. The van der Waals surface area contributed by atoms with Crippen LogP contribution in [0.5, 0.6) is 5.75 Å². The first-order chi connectivity index (χ1) is 12.4. The van der Waals surface area contributed by atoms with Crippen molar-refractivity contribution in [3.63, 3.8) is 0 Å². The van der Waals surface area contributed by atoms with Crippen molar-refractivity contribution in [1.29, 1.82) is 0 Å². The molecule has 1 saturated heterocycles. The highest BCUT2D eigenvalue weighted by molar-refractivity contribution is 7.88. The Labute approximate surface area is 157 Å². The number of carbonyl (C=O) groups excluding carboxylic acids is 1. The summed E-state index contributed by atoms with van der Waals surface area (Å²) in [6.07, 6.45) is 2.43. The molecule has 2 heterocycles. The highest BCUT2D eigenvalue weighted by Gasteiger charge is 2.27. The van der Waals surface area contributed by atoms with Gasteiger partial charge in [-0.05, 0) is 24.5 Å². The zero-order valence-electron chi connectivity index (χ0n) is 14.8. The monoisotopic (exact) mass is 394 g/mol. The molecule has 1 aliphatic heterocycles. The van der Waals surface area contributed by atoms with Crippen LogP contribution < -0.4 is 10.1 Å². The lowest BCUT2D eigenvalue weighted by Gasteiger charge is -2.30. The zero-order valence-corrected chi connectivity index (χ0v) is 16.4. The number of ether oxygens (including phenoxy) is 1. The largest absolute Gasteiger partial charge is 0.495 e. The maximum Gasteiger partial charge on any atom is 0.265 e. The van der Waals surface area contributed by atoms with E-state index in [0.717, 1.165) is 10.4 Å². The fraction of sp³-hybridized carbons (Fsp3) is 0.389. The Hall–Kier alpha value is -1.90. The van der Waals surface area contributed by atoms with Crippen LogP contribution in [0.15, 0.2) is 36.4 Å². The third kappa shape index (κ3) is 4.25. The number of benzene rings is 1. The minimum absolute atomic E-state index is 0.0347. The predicted molar refractivity (Wildman–Crippen MR) is 103 cm³/mol. The van der Waals surface area contributed by atoms with Gasteiger partial charge < -0.3 is 10.1 Å². The molecule has 3 rings (SSSR count). The smallest absolute Gasteiger partial charge is 0.265 e. The molecule has 1 amide bonds. The van der Waals surface area contributed by atoms with Gasteiger partial charge in [-0.25, -0.2) is 12.7 Å². The van der Waals surface area contributed by atoms with Crippen molar-refractivity contribution in [1.82, 2.24) is 9.62 Å². The van der Waals surface area contributed by atoms with E-state index in [1.807, 2.05) is 36.4 Å². The van der Waals surface area contributed by atoms with E-state index in [-0.39, 0.29) is 11.9 Å². The van der Waals surface area contributed by atoms with Crippen molar-refractivity contribution in [2.75, 3.05) is 26.5 Å². The number of nitrogens with zero attached hydrogens (tertiary/aromatic N) is 1. The Morgan fingerprint density at radius 1 is 1.23 bits per heavy atom. The van der Waals surface area contributed by atoms with Crippen molar-refractivity contribution < 1.29 is 17.9 Å². The molecule has 140 valence electrons. The third-order valence-electron chi connectivity index (χ3n) is 4.44. The van der Waals surface area contributed by atoms with Crippen LogP contribution in [0.25, 0.3) is 10.4 Å². The first-order valence-corrected chi connectivity index (χ1v) is 11.0. The van der Waals surface area contributed by atoms with Crippen LogP contribution in [0.2, 0.25) is 0 Å². The summed E-state index contributed by atoms with van der Waals surface area (Å²) in [5.41, 5.74) is 1.04. The molecule has 1 fully saturated rings. The number of methoxy groups -OCH3 is 1. The second-order valence-corrected chi connectivity index (χ2v) is 9.32. The molecule has 0 bridgehead atoms. The van der Waals surface area contributed by atoms with Crippen LogP contribution in [0.4, 0.5) is 0 Å². The number of sulfonamides is 1. The average molecular weight is 395 g/mol. The Bertz CT molecular complexity index is 870. The van der Waals surface area contributed by atoms with Crippen LogP contribution >= 0.6 is 11.3 Å². The van der Waals surface area contributed by atoms with Crippen LogP contribution in [0, 0.1) is 0 Å². The van der Waals surface area contributed by atoms with E-state index in [2.05, 4.69) is 5.32 Å². The third-order valence-corrected chi connectivity index (χ3v) is 6.91. The van der Waals surface area contributed by atoms with Gasteiger partial charge in [-0.3, -0.25) is 4.79 Å². The van der Waals surface area contributed by atoms with Crippen LogP contribution in [-0.2, 0) is 10.0 Å². The zero-order chi connectivity index (χ0) is 18.7. The first kappa shape index (κ1) is 18.9. The summed E-state index contributed by atoms with van der Waals surface area (Å²) in [7, 11) is -1.61. The van der Waals surface area contributed by atoms with Crippen molar-refractivity contribution in [3.8, 4) is 16.2 Å². The summed E-state index contributed by atoms with van der Waals surface area (Å²) >= 11 is 1.40. The standard InChI is InChI=1S/C18H22N2O4S2/c1-24-15-12-16(13-6-4-3-5-7-13)25-17(15)18(21)19-14-8-10-20(11-9-14)26(2,22)23/h3-7,12,14H,8-11H2,1-2H3,(H,19,21). The molecular weight excluding hydrogens is 372 g/mol. The number of piperidine rings is 1. The number of nitrogens with one attached hydrogen (secondary N) is 1. The second kappa shape index (κ2) is 7.77. The molecule has 1 aromatic heterocycles. The normalized spacial score (nSPS) is 16.4. The number of amides is 1. The van der Waals surface area contributed by atoms with Gasteiger partial charge in [0, 0.05) is 24.0 Å². The van der Waals surface area contributed by atoms with Gasteiger partial charge in [0.15, 0.2) is 0 Å². The van der Waals surface area contributed by atoms with Crippen LogP contribution in [0.3, 0.4) is 0 Å². The Morgan fingerprint density at radius 3 is 2.46 bits per heavy atom. The first-order valence-electron chi connectivity index (χ1n) is 8.37. The van der Waals surface area contributed by atoms with E-state index in [9.17, 15) is 13.2 Å². The Balaban J connectivity index is 1.70. The van der Waals surface area contributed by atoms with Gasteiger partial charge in [0.05, 0.1) is 13.4 Å². The molecule has 26 heavy (non-hydrogen) atoms. The van der Waals surface area contributed by atoms with Crippen molar-refractivity contribution in [2.45, 2.75) is 18.9 Å². The van der Waals surface area contributed by atoms with E-state index in [1.165, 1.54) is 21.9 Å². The second-order valence-electron chi connectivity index (χ2n) is 6.28. The lowest BCUT2D eigenvalue weighted by molar-refractivity contribution is 0.0925. The molecule has 0 saturated carbocycles. The maximum atomic E-state index is 12.7. The predicted octanol–water partition coefficient (Wildman–Crippen LogP) is 2.58. The molecule has 2 aromatic rings. The molecule has 1 aliphatic rings. The van der Waals surface area contributed by atoms with Gasteiger partial charge in [0.25, 0.3) is 5.91 Å². The van der Waals surface area contributed by atoms with E-state index < -0.39 is 10.0 Å².